The first kappa shape index (κ1) is 7.57. The number of nitrogens with two attached hydrogens (primary N) is 1. The third-order valence-corrected chi connectivity index (χ3v) is 1.94. The number of hydrogen-bond acceptors (Lipinski definition) is 3. The second kappa shape index (κ2) is 3.03. The van der Waals surface area contributed by atoms with E-state index in [1.165, 1.54) is 11.9 Å². The highest BCUT2D eigenvalue weighted by Gasteiger charge is 1.96. The number of nitrogens with zero attached hydrogens (tertiary/aromatic N) is 1. The summed E-state index contributed by atoms with van der Waals surface area (Å²) in [5.41, 5.74) is 2.15. The zero-order valence-corrected chi connectivity index (χ0v) is 6.90. The summed E-state index contributed by atoms with van der Waals surface area (Å²) in [7, 11) is 0. The molecule has 0 aliphatic rings. The van der Waals surface area contributed by atoms with Crippen LogP contribution in [0.1, 0.15) is 11.3 Å². The molecule has 0 aliphatic heterocycles. The number of pyridine rings is 1. The predicted octanol–water partition coefficient (Wildman–Crippen LogP) is 1.66. The Balaban J connectivity index is 3.09. The van der Waals surface area contributed by atoms with Crippen LogP contribution in [0.15, 0.2) is 17.2 Å². The van der Waals surface area contributed by atoms with Gasteiger partial charge in [-0.25, -0.2) is 4.98 Å². The van der Waals surface area contributed by atoms with Crippen LogP contribution in [0.5, 0.6) is 0 Å². The topological polar surface area (TPSA) is 38.9 Å². The minimum Gasteiger partial charge on any atom is -0.272 e. The molecule has 0 saturated heterocycles. The first-order valence-corrected chi connectivity index (χ1v) is 3.93. The standard InChI is InChI=1S/C7H10N2S/c1-5-3-4-6(2)9-7(5)10-8/h3-4H,8H2,1-2H3. The van der Waals surface area contributed by atoms with Gasteiger partial charge < -0.3 is 0 Å². The lowest BCUT2D eigenvalue weighted by atomic mass is 10.3. The lowest BCUT2D eigenvalue weighted by Crippen LogP contribution is -1.90. The summed E-state index contributed by atoms with van der Waals surface area (Å²) >= 11 is 1.20. The van der Waals surface area contributed by atoms with Crippen LogP contribution < -0.4 is 5.14 Å². The van der Waals surface area contributed by atoms with Crippen LogP contribution in [0.3, 0.4) is 0 Å². The van der Waals surface area contributed by atoms with E-state index in [-0.39, 0.29) is 0 Å². The van der Waals surface area contributed by atoms with Gasteiger partial charge in [-0.15, -0.1) is 0 Å². The number of rotatable bonds is 1. The molecule has 10 heavy (non-hydrogen) atoms. The van der Waals surface area contributed by atoms with E-state index in [0.29, 0.717) is 0 Å². The molecule has 1 aromatic rings. The monoisotopic (exact) mass is 154 g/mol. The van der Waals surface area contributed by atoms with E-state index in [0.717, 1.165) is 16.3 Å². The summed E-state index contributed by atoms with van der Waals surface area (Å²) in [5.74, 6) is 0. The molecule has 0 aromatic carbocycles. The van der Waals surface area contributed by atoms with Gasteiger partial charge in [-0.3, -0.25) is 5.14 Å². The third kappa shape index (κ3) is 1.49. The van der Waals surface area contributed by atoms with E-state index in [1.807, 2.05) is 26.0 Å². The molecular weight excluding hydrogens is 144 g/mol. The summed E-state index contributed by atoms with van der Waals surface area (Å²) < 4.78 is 0. The average Bonchev–Trinajstić information content (AvgIpc) is 1.94. The molecule has 0 atom stereocenters. The first-order valence-electron chi connectivity index (χ1n) is 3.05. The van der Waals surface area contributed by atoms with Gasteiger partial charge in [0.2, 0.25) is 0 Å². The van der Waals surface area contributed by atoms with Crippen molar-refractivity contribution in [1.29, 1.82) is 0 Å². The van der Waals surface area contributed by atoms with Crippen LogP contribution in [-0.4, -0.2) is 4.98 Å². The van der Waals surface area contributed by atoms with Gasteiger partial charge in [0, 0.05) is 5.69 Å². The van der Waals surface area contributed by atoms with E-state index in [9.17, 15) is 0 Å². The maximum atomic E-state index is 5.37. The van der Waals surface area contributed by atoms with Crippen LogP contribution in [0.2, 0.25) is 0 Å². The highest BCUT2D eigenvalue weighted by molar-refractivity contribution is 7.97. The van der Waals surface area contributed by atoms with Gasteiger partial charge in [-0.1, -0.05) is 6.07 Å². The molecule has 0 amide bonds. The van der Waals surface area contributed by atoms with Gasteiger partial charge in [-0.2, -0.15) is 0 Å². The fourth-order valence-corrected chi connectivity index (χ4v) is 1.17. The van der Waals surface area contributed by atoms with Gasteiger partial charge in [0.1, 0.15) is 5.03 Å². The Morgan fingerprint density at radius 3 is 2.60 bits per heavy atom. The van der Waals surface area contributed by atoms with Crippen LogP contribution >= 0.6 is 11.9 Å². The predicted molar refractivity (Wildman–Crippen MR) is 43.8 cm³/mol. The largest absolute Gasteiger partial charge is 0.272 e. The summed E-state index contributed by atoms with van der Waals surface area (Å²) in [6.07, 6.45) is 0. The first-order chi connectivity index (χ1) is 4.74. The molecule has 0 aliphatic carbocycles. The van der Waals surface area contributed by atoms with Gasteiger partial charge in [0.25, 0.3) is 0 Å². The quantitative estimate of drug-likeness (QED) is 0.625. The molecule has 0 unspecified atom stereocenters. The highest BCUT2D eigenvalue weighted by Crippen LogP contribution is 2.13. The van der Waals surface area contributed by atoms with Gasteiger partial charge in [0.05, 0.1) is 0 Å². The minimum atomic E-state index is 0.917. The van der Waals surface area contributed by atoms with Crippen molar-refractivity contribution in [3.05, 3.63) is 23.4 Å². The fourth-order valence-electron chi connectivity index (χ4n) is 0.722. The number of aromatic nitrogens is 1. The molecule has 2 N–H and O–H groups in total. The van der Waals surface area contributed by atoms with Crippen molar-refractivity contribution in [1.82, 2.24) is 4.98 Å². The summed E-state index contributed by atoms with van der Waals surface area (Å²) in [6.45, 7) is 3.96. The van der Waals surface area contributed by atoms with Crippen LogP contribution in [0.25, 0.3) is 0 Å². The van der Waals surface area contributed by atoms with E-state index < -0.39 is 0 Å². The Kier molecular flexibility index (Phi) is 2.29. The Morgan fingerprint density at radius 2 is 2.10 bits per heavy atom. The van der Waals surface area contributed by atoms with Crippen LogP contribution in [0, 0.1) is 13.8 Å². The molecule has 54 valence electrons. The molecule has 2 nitrogen and oxygen atoms in total. The van der Waals surface area contributed by atoms with Crippen molar-refractivity contribution in [3.8, 4) is 0 Å². The Hall–Kier alpha value is -0.540. The molecule has 0 saturated carbocycles. The zero-order chi connectivity index (χ0) is 7.56. The van der Waals surface area contributed by atoms with Crippen molar-refractivity contribution >= 4 is 11.9 Å². The number of aryl methyl sites for hydroxylation is 2. The van der Waals surface area contributed by atoms with Crippen LogP contribution in [-0.2, 0) is 0 Å². The smallest absolute Gasteiger partial charge is 0.114 e. The van der Waals surface area contributed by atoms with Crippen molar-refractivity contribution in [3.63, 3.8) is 0 Å². The van der Waals surface area contributed by atoms with Gasteiger partial charge in [0.15, 0.2) is 0 Å². The molecule has 1 rings (SSSR count). The summed E-state index contributed by atoms with van der Waals surface area (Å²) in [4.78, 5) is 4.23. The summed E-state index contributed by atoms with van der Waals surface area (Å²) in [5, 5.41) is 6.29. The van der Waals surface area contributed by atoms with Crippen molar-refractivity contribution in [2.75, 3.05) is 0 Å². The zero-order valence-electron chi connectivity index (χ0n) is 6.09. The van der Waals surface area contributed by atoms with E-state index in [1.54, 1.807) is 0 Å². The van der Waals surface area contributed by atoms with Crippen molar-refractivity contribution in [2.24, 2.45) is 5.14 Å². The second-order valence-corrected chi connectivity index (χ2v) is 2.81. The molecule has 1 heterocycles. The second-order valence-electron chi connectivity index (χ2n) is 2.19. The molecule has 3 heteroatoms. The van der Waals surface area contributed by atoms with Gasteiger partial charge >= 0.3 is 0 Å². The highest BCUT2D eigenvalue weighted by atomic mass is 32.2. The minimum absolute atomic E-state index is 0.917. The molecule has 0 radical (unpaired) electrons. The SMILES string of the molecule is Cc1ccc(C)c(SN)n1. The Bertz CT molecular complexity index is 235. The third-order valence-electron chi connectivity index (χ3n) is 1.30. The van der Waals surface area contributed by atoms with Crippen molar-refractivity contribution in [2.45, 2.75) is 18.9 Å². The Morgan fingerprint density at radius 1 is 1.40 bits per heavy atom. The molecule has 1 aromatic heterocycles. The fraction of sp³-hybridized carbons (Fsp3) is 0.286. The summed E-state index contributed by atoms with van der Waals surface area (Å²) in [6, 6.07) is 4.01. The molecule has 0 bridgehead atoms. The van der Waals surface area contributed by atoms with Crippen LogP contribution in [0.4, 0.5) is 0 Å². The van der Waals surface area contributed by atoms with E-state index in [4.69, 9.17) is 5.14 Å². The van der Waals surface area contributed by atoms with Gasteiger partial charge in [-0.05, 0) is 37.4 Å². The molecule has 0 spiro atoms. The van der Waals surface area contributed by atoms with E-state index >= 15 is 0 Å². The maximum absolute atomic E-state index is 5.37. The number of hydrogen-bond donors (Lipinski definition) is 1. The van der Waals surface area contributed by atoms with Crippen molar-refractivity contribution < 1.29 is 0 Å². The molecule has 0 fully saturated rings. The average molecular weight is 154 g/mol. The lowest BCUT2D eigenvalue weighted by molar-refractivity contribution is 1.03. The van der Waals surface area contributed by atoms with E-state index in [2.05, 4.69) is 4.98 Å². The Labute approximate surface area is 65.0 Å². The maximum Gasteiger partial charge on any atom is 0.114 e. The lowest BCUT2D eigenvalue weighted by Gasteiger charge is -2.00. The normalized spacial score (nSPS) is 9.90. The molecular formula is C7H10N2S.